The summed E-state index contributed by atoms with van der Waals surface area (Å²) in [6.07, 6.45) is 3.31. The Bertz CT molecular complexity index is 768. The van der Waals surface area contributed by atoms with E-state index < -0.39 is 0 Å². The maximum Gasteiger partial charge on any atom is 0.223 e. The van der Waals surface area contributed by atoms with Gasteiger partial charge < -0.3 is 10.6 Å². The minimum atomic E-state index is -0.255. The number of halogens is 1. The SMILES string of the molecule is N[C@H]1C[C@@H](CC(=O)N2CCc3ccccc3[C@@H]2c2ccc(F)cc2)C1. The van der Waals surface area contributed by atoms with Crippen molar-refractivity contribution < 1.29 is 9.18 Å². The molecule has 1 saturated carbocycles. The first kappa shape index (κ1) is 16.3. The monoisotopic (exact) mass is 338 g/mol. The second kappa shape index (κ2) is 6.60. The van der Waals surface area contributed by atoms with Crippen LogP contribution in [0.15, 0.2) is 48.5 Å². The van der Waals surface area contributed by atoms with Crippen molar-refractivity contribution in [1.82, 2.24) is 4.90 Å². The third-order valence-electron chi connectivity index (χ3n) is 5.52. The van der Waals surface area contributed by atoms with Crippen molar-refractivity contribution >= 4 is 5.91 Å². The summed E-state index contributed by atoms with van der Waals surface area (Å²) in [6, 6.07) is 14.9. The maximum atomic E-state index is 13.4. The summed E-state index contributed by atoms with van der Waals surface area (Å²) < 4.78 is 13.4. The minimum Gasteiger partial charge on any atom is -0.331 e. The van der Waals surface area contributed by atoms with Gasteiger partial charge in [-0.2, -0.15) is 0 Å². The largest absolute Gasteiger partial charge is 0.331 e. The Kier molecular flexibility index (Phi) is 4.30. The topological polar surface area (TPSA) is 46.3 Å². The highest BCUT2D eigenvalue weighted by Crippen LogP contribution is 2.37. The van der Waals surface area contributed by atoms with Gasteiger partial charge in [0.2, 0.25) is 5.91 Å². The van der Waals surface area contributed by atoms with Crippen LogP contribution in [-0.4, -0.2) is 23.4 Å². The first-order chi connectivity index (χ1) is 12.1. The van der Waals surface area contributed by atoms with Gasteiger partial charge in [0.1, 0.15) is 5.82 Å². The Labute approximate surface area is 147 Å². The second-order valence-electron chi connectivity index (χ2n) is 7.29. The number of nitrogens with zero attached hydrogens (tertiary/aromatic N) is 1. The van der Waals surface area contributed by atoms with Crippen molar-refractivity contribution in [1.29, 1.82) is 0 Å². The van der Waals surface area contributed by atoms with Crippen LogP contribution in [0.5, 0.6) is 0 Å². The number of benzene rings is 2. The number of hydrogen-bond acceptors (Lipinski definition) is 2. The van der Waals surface area contributed by atoms with Crippen molar-refractivity contribution in [2.75, 3.05) is 6.54 Å². The van der Waals surface area contributed by atoms with Gasteiger partial charge >= 0.3 is 0 Å². The fraction of sp³-hybridized carbons (Fsp3) is 0.381. The number of amides is 1. The quantitative estimate of drug-likeness (QED) is 0.932. The van der Waals surface area contributed by atoms with E-state index in [4.69, 9.17) is 5.73 Å². The van der Waals surface area contributed by atoms with Crippen LogP contribution in [0.1, 0.15) is 42.0 Å². The zero-order chi connectivity index (χ0) is 17.4. The highest BCUT2D eigenvalue weighted by atomic mass is 19.1. The van der Waals surface area contributed by atoms with Crippen molar-refractivity contribution in [3.63, 3.8) is 0 Å². The minimum absolute atomic E-state index is 0.133. The van der Waals surface area contributed by atoms with Gasteiger partial charge in [0.15, 0.2) is 0 Å². The molecule has 2 N–H and O–H groups in total. The molecule has 1 aliphatic heterocycles. The Morgan fingerprint density at radius 2 is 1.84 bits per heavy atom. The molecule has 4 rings (SSSR count). The molecule has 1 amide bonds. The van der Waals surface area contributed by atoms with Gasteiger partial charge in [-0.25, -0.2) is 4.39 Å². The van der Waals surface area contributed by atoms with Crippen molar-refractivity contribution in [2.24, 2.45) is 11.7 Å². The van der Waals surface area contributed by atoms with E-state index in [9.17, 15) is 9.18 Å². The molecule has 1 aliphatic carbocycles. The molecule has 2 aromatic carbocycles. The van der Waals surface area contributed by atoms with Gasteiger partial charge in [-0.15, -0.1) is 0 Å². The third-order valence-corrected chi connectivity index (χ3v) is 5.52. The lowest BCUT2D eigenvalue weighted by Crippen LogP contribution is -2.44. The molecule has 0 saturated heterocycles. The number of nitrogens with two attached hydrogens (primary N) is 1. The highest BCUT2D eigenvalue weighted by Gasteiger charge is 2.35. The summed E-state index contributed by atoms with van der Waals surface area (Å²) in [7, 11) is 0. The third kappa shape index (κ3) is 3.19. The summed E-state index contributed by atoms with van der Waals surface area (Å²) in [5.74, 6) is 0.337. The van der Waals surface area contributed by atoms with Gasteiger partial charge in [0.25, 0.3) is 0 Å². The molecule has 1 fully saturated rings. The molecule has 25 heavy (non-hydrogen) atoms. The van der Waals surface area contributed by atoms with Crippen LogP contribution in [0.2, 0.25) is 0 Å². The lowest BCUT2D eigenvalue weighted by atomic mass is 9.78. The van der Waals surface area contributed by atoms with Crippen LogP contribution >= 0.6 is 0 Å². The normalized spacial score (nSPS) is 25.2. The van der Waals surface area contributed by atoms with E-state index >= 15 is 0 Å². The molecule has 2 aliphatic rings. The van der Waals surface area contributed by atoms with Gasteiger partial charge in [-0.3, -0.25) is 4.79 Å². The molecule has 3 nitrogen and oxygen atoms in total. The molecule has 0 bridgehead atoms. The fourth-order valence-corrected chi connectivity index (χ4v) is 4.16. The van der Waals surface area contributed by atoms with Crippen LogP contribution in [0.4, 0.5) is 4.39 Å². The van der Waals surface area contributed by atoms with Gasteiger partial charge in [-0.05, 0) is 54.0 Å². The van der Waals surface area contributed by atoms with Crippen LogP contribution < -0.4 is 5.73 Å². The van der Waals surface area contributed by atoms with E-state index in [2.05, 4.69) is 12.1 Å². The predicted molar refractivity (Wildman–Crippen MR) is 95.4 cm³/mol. The average Bonchev–Trinajstić information content (AvgIpc) is 2.60. The molecule has 0 unspecified atom stereocenters. The van der Waals surface area contributed by atoms with Crippen LogP contribution in [0.25, 0.3) is 0 Å². The first-order valence-corrected chi connectivity index (χ1v) is 9.00. The zero-order valence-corrected chi connectivity index (χ0v) is 14.2. The van der Waals surface area contributed by atoms with Gasteiger partial charge in [0.05, 0.1) is 6.04 Å². The Morgan fingerprint density at radius 3 is 2.56 bits per heavy atom. The number of carbonyl (C=O) groups excluding carboxylic acids is 1. The van der Waals surface area contributed by atoms with E-state index in [1.807, 2.05) is 17.0 Å². The fourth-order valence-electron chi connectivity index (χ4n) is 4.16. The highest BCUT2D eigenvalue weighted by molar-refractivity contribution is 5.78. The molecule has 0 radical (unpaired) electrons. The van der Waals surface area contributed by atoms with Crippen molar-refractivity contribution in [2.45, 2.75) is 37.8 Å². The standard InChI is InChI=1S/C21H23FN2O/c22-17-7-5-16(6-8-17)21-19-4-2-1-3-15(19)9-10-24(21)20(25)13-14-11-18(23)12-14/h1-8,14,18,21H,9-13,23H2/t14-,18+,21-/m0/s1. The average molecular weight is 338 g/mol. The number of rotatable bonds is 3. The first-order valence-electron chi connectivity index (χ1n) is 9.00. The molecule has 2 aromatic rings. The number of hydrogen-bond donors (Lipinski definition) is 1. The zero-order valence-electron chi connectivity index (χ0n) is 14.2. The van der Waals surface area contributed by atoms with Gasteiger partial charge in [-0.1, -0.05) is 36.4 Å². The van der Waals surface area contributed by atoms with E-state index in [-0.39, 0.29) is 23.8 Å². The Morgan fingerprint density at radius 1 is 1.12 bits per heavy atom. The van der Waals surface area contributed by atoms with E-state index in [0.717, 1.165) is 30.4 Å². The number of fused-ring (bicyclic) bond motifs is 1. The van der Waals surface area contributed by atoms with Crippen LogP contribution in [0, 0.1) is 11.7 Å². The molecule has 0 spiro atoms. The Balaban J connectivity index is 1.65. The lowest BCUT2D eigenvalue weighted by Gasteiger charge is -2.40. The summed E-state index contributed by atoms with van der Waals surface area (Å²) in [5, 5.41) is 0. The second-order valence-corrected chi connectivity index (χ2v) is 7.29. The van der Waals surface area contributed by atoms with Gasteiger partial charge in [0, 0.05) is 19.0 Å². The van der Waals surface area contributed by atoms with Crippen molar-refractivity contribution in [3.8, 4) is 0 Å². The molecule has 4 heteroatoms. The van der Waals surface area contributed by atoms with E-state index in [0.29, 0.717) is 18.9 Å². The lowest BCUT2D eigenvalue weighted by molar-refractivity contribution is -0.135. The van der Waals surface area contributed by atoms with Crippen LogP contribution in [-0.2, 0) is 11.2 Å². The van der Waals surface area contributed by atoms with Crippen LogP contribution in [0.3, 0.4) is 0 Å². The van der Waals surface area contributed by atoms with E-state index in [1.54, 1.807) is 12.1 Å². The molecular weight excluding hydrogens is 315 g/mol. The number of carbonyl (C=O) groups is 1. The molecule has 1 atom stereocenters. The Hall–Kier alpha value is -2.20. The molecular formula is C21H23FN2O. The summed E-state index contributed by atoms with van der Waals surface area (Å²) >= 11 is 0. The van der Waals surface area contributed by atoms with Crippen molar-refractivity contribution in [3.05, 3.63) is 71.0 Å². The molecule has 1 heterocycles. The van der Waals surface area contributed by atoms with E-state index in [1.165, 1.54) is 17.7 Å². The smallest absolute Gasteiger partial charge is 0.223 e. The maximum absolute atomic E-state index is 13.4. The summed E-state index contributed by atoms with van der Waals surface area (Å²) in [5.41, 5.74) is 9.25. The molecule has 130 valence electrons. The predicted octanol–water partition coefficient (Wildman–Crippen LogP) is 3.43. The summed E-state index contributed by atoms with van der Waals surface area (Å²) in [4.78, 5) is 15.0. The summed E-state index contributed by atoms with van der Waals surface area (Å²) in [6.45, 7) is 0.705. The molecule has 0 aromatic heterocycles.